The first-order valence-electron chi connectivity index (χ1n) is 7.74. The normalized spacial score (nSPS) is 11.2. The molecule has 120 valence electrons. The van der Waals surface area contributed by atoms with Crippen molar-refractivity contribution in [2.75, 3.05) is 24.1 Å². The number of rotatable bonds is 8. The molecule has 0 aliphatic rings. The van der Waals surface area contributed by atoms with Crippen LogP contribution in [-0.2, 0) is 0 Å². The second-order valence-electron chi connectivity index (χ2n) is 5.56. The van der Waals surface area contributed by atoms with E-state index in [1.54, 1.807) is 0 Å². The molecule has 0 saturated carbocycles. The minimum Gasteiger partial charge on any atom is -0.382 e. The van der Waals surface area contributed by atoms with Crippen LogP contribution in [0, 0.1) is 5.92 Å². The lowest BCUT2D eigenvalue weighted by Gasteiger charge is -2.25. The zero-order valence-corrected chi connectivity index (χ0v) is 14.6. The van der Waals surface area contributed by atoms with Crippen molar-refractivity contribution in [1.29, 1.82) is 0 Å². The molecule has 1 rings (SSSR count). The predicted octanol–water partition coefficient (Wildman–Crippen LogP) is 3.44. The first kappa shape index (κ1) is 17.8. The van der Waals surface area contributed by atoms with Crippen molar-refractivity contribution in [2.45, 2.75) is 53.5 Å². The van der Waals surface area contributed by atoms with Crippen LogP contribution in [0.5, 0.6) is 0 Å². The average Bonchev–Trinajstić information content (AvgIpc) is 2.79. The molecule has 0 aliphatic carbocycles. The molecule has 0 atom stereocenters. The van der Waals surface area contributed by atoms with Gasteiger partial charge in [0.15, 0.2) is 5.13 Å². The number of carbonyl (C=O) groups is 1. The smallest absolute Gasteiger partial charge is 0.267 e. The molecule has 3 N–H and O–H groups in total. The summed E-state index contributed by atoms with van der Waals surface area (Å²) in [5, 5.41) is 3.91. The Morgan fingerprint density at radius 2 is 1.95 bits per heavy atom. The van der Waals surface area contributed by atoms with Crippen LogP contribution in [0.25, 0.3) is 0 Å². The first-order valence-corrected chi connectivity index (χ1v) is 8.56. The Morgan fingerprint density at radius 3 is 2.43 bits per heavy atom. The predicted molar refractivity (Wildman–Crippen MR) is 90.9 cm³/mol. The van der Waals surface area contributed by atoms with Gasteiger partial charge in [-0.1, -0.05) is 38.0 Å². The molecule has 0 unspecified atom stereocenters. The quantitative estimate of drug-likeness (QED) is 0.771. The van der Waals surface area contributed by atoms with Crippen LogP contribution in [0.4, 0.5) is 10.9 Å². The molecule has 5 nitrogen and oxygen atoms in total. The number of nitrogen functional groups attached to an aromatic ring is 1. The fourth-order valence-electron chi connectivity index (χ4n) is 2.15. The second-order valence-corrected chi connectivity index (χ2v) is 6.56. The maximum atomic E-state index is 12.7. The van der Waals surface area contributed by atoms with Crippen LogP contribution in [-0.4, -0.2) is 34.9 Å². The van der Waals surface area contributed by atoms with Crippen LogP contribution in [0.1, 0.15) is 57.1 Å². The van der Waals surface area contributed by atoms with Gasteiger partial charge in [0.25, 0.3) is 5.91 Å². The van der Waals surface area contributed by atoms with Crippen LogP contribution in [0.2, 0.25) is 0 Å². The first-order chi connectivity index (χ1) is 9.92. The lowest BCUT2D eigenvalue weighted by atomic mass is 10.0. The zero-order chi connectivity index (χ0) is 16.0. The topological polar surface area (TPSA) is 71.2 Å². The van der Waals surface area contributed by atoms with Crippen molar-refractivity contribution < 1.29 is 4.79 Å². The van der Waals surface area contributed by atoms with Gasteiger partial charge in [0.2, 0.25) is 0 Å². The Balaban J connectivity index is 2.87. The molecule has 21 heavy (non-hydrogen) atoms. The molecule has 6 heteroatoms. The summed E-state index contributed by atoms with van der Waals surface area (Å²) in [5.74, 6) is 0.864. The van der Waals surface area contributed by atoms with E-state index in [0.29, 0.717) is 28.3 Å². The summed E-state index contributed by atoms with van der Waals surface area (Å²) in [5.41, 5.74) is 5.92. The summed E-state index contributed by atoms with van der Waals surface area (Å²) in [6, 6.07) is 0.269. The van der Waals surface area contributed by atoms with Gasteiger partial charge in [0.05, 0.1) is 0 Å². The Hall–Kier alpha value is -1.30. The van der Waals surface area contributed by atoms with Gasteiger partial charge in [0, 0.05) is 19.1 Å². The van der Waals surface area contributed by atoms with E-state index in [1.165, 1.54) is 11.3 Å². The third-order valence-corrected chi connectivity index (χ3v) is 4.55. The molecule has 0 bridgehead atoms. The molecule has 0 aliphatic heterocycles. The van der Waals surface area contributed by atoms with E-state index in [9.17, 15) is 4.79 Å². The van der Waals surface area contributed by atoms with Crippen molar-refractivity contribution in [3.63, 3.8) is 0 Å². The number of hydrogen-bond acceptors (Lipinski definition) is 5. The highest BCUT2D eigenvalue weighted by atomic mass is 32.1. The fourth-order valence-corrected chi connectivity index (χ4v) is 3.15. The Bertz CT molecular complexity index is 455. The van der Waals surface area contributed by atoms with E-state index in [2.05, 4.69) is 24.1 Å². The monoisotopic (exact) mass is 312 g/mol. The number of nitrogens with zero attached hydrogens (tertiary/aromatic N) is 2. The van der Waals surface area contributed by atoms with E-state index in [0.717, 1.165) is 19.4 Å². The highest BCUT2D eigenvalue weighted by molar-refractivity contribution is 7.18. The van der Waals surface area contributed by atoms with Crippen molar-refractivity contribution in [3.8, 4) is 0 Å². The number of carbonyl (C=O) groups excluding carboxylic acids is 1. The average molecular weight is 312 g/mol. The molecule has 0 radical (unpaired) electrons. The van der Waals surface area contributed by atoms with E-state index >= 15 is 0 Å². The Labute approximate surface area is 131 Å². The summed E-state index contributed by atoms with van der Waals surface area (Å²) >= 11 is 1.34. The van der Waals surface area contributed by atoms with E-state index in [-0.39, 0.29) is 11.9 Å². The number of aromatic nitrogens is 1. The number of thiazole rings is 1. The van der Waals surface area contributed by atoms with Gasteiger partial charge in [-0.05, 0) is 26.7 Å². The molecular formula is C15H28N4OS. The van der Waals surface area contributed by atoms with Gasteiger partial charge in [0.1, 0.15) is 10.7 Å². The number of nitrogens with two attached hydrogens (primary N) is 1. The van der Waals surface area contributed by atoms with Crippen LogP contribution >= 0.6 is 11.3 Å². The lowest BCUT2D eigenvalue weighted by Crippen LogP contribution is -2.35. The second kappa shape index (κ2) is 8.22. The van der Waals surface area contributed by atoms with Crippen LogP contribution < -0.4 is 11.1 Å². The minimum atomic E-state index is -0.00351. The molecular weight excluding hydrogens is 284 g/mol. The minimum absolute atomic E-state index is 0.00351. The van der Waals surface area contributed by atoms with Gasteiger partial charge >= 0.3 is 0 Å². The van der Waals surface area contributed by atoms with Gasteiger partial charge in [-0.3, -0.25) is 4.79 Å². The van der Waals surface area contributed by atoms with Crippen molar-refractivity contribution in [2.24, 2.45) is 5.92 Å². The number of anilines is 2. The fraction of sp³-hybridized carbons (Fsp3) is 0.733. The van der Waals surface area contributed by atoms with Crippen LogP contribution in [0.15, 0.2) is 0 Å². The summed E-state index contributed by atoms with van der Waals surface area (Å²) in [4.78, 5) is 19.3. The maximum absolute atomic E-state index is 12.7. The molecule has 1 aromatic rings. The SMILES string of the molecule is CCC(CC)CN(CC)C(=O)c1sc(NC(C)C)nc1N. The summed E-state index contributed by atoms with van der Waals surface area (Å²) in [6.45, 7) is 11.9. The van der Waals surface area contributed by atoms with Crippen molar-refractivity contribution in [3.05, 3.63) is 4.88 Å². The third kappa shape index (κ3) is 4.88. The van der Waals surface area contributed by atoms with Gasteiger partial charge in [-0.2, -0.15) is 0 Å². The van der Waals surface area contributed by atoms with Crippen molar-refractivity contribution in [1.82, 2.24) is 9.88 Å². The molecule has 0 spiro atoms. The zero-order valence-electron chi connectivity index (χ0n) is 13.8. The highest BCUT2D eigenvalue weighted by Gasteiger charge is 2.23. The molecule has 0 saturated heterocycles. The molecule has 0 fully saturated rings. The molecule has 1 heterocycles. The van der Waals surface area contributed by atoms with Crippen LogP contribution in [0.3, 0.4) is 0 Å². The highest BCUT2D eigenvalue weighted by Crippen LogP contribution is 2.27. The van der Waals surface area contributed by atoms with E-state index < -0.39 is 0 Å². The standard InChI is InChI=1S/C15H28N4OS/c1-6-11(7-2)9-19(8-3)14(20)12-13(16)18-15(21-12)17-10(4)5/h10-11H,6-9,16H2,1-5H3,(H,17,18). The molecule has 1 aromatic heterocycles. The maximum Gasteiger partial charge on any atom is 0.267 e. The third-order valence-electron chi connectivity index (χ3n) is 3.56. The number of amides is 1. The van der Waals surface area contributed by atoms with Crippen molar-refractivity contribution >= 4 is 28.2 Å². The van der Waals surface area contributed by atoms with E-state index in [4.69, 9.17) is 5.73 Å². The van der Waals surface area contributed by atoms with Gasteiger partial charge in [-0.25, -0.2) is 4.98 Å². The largest absolute Gasteiger partial charge is 0.382 e. The van der Waals surface area contributed by atoms with E-state index in [1.807, 2.05) is 25.7 Å². The molecule has 1 amide bonds. The number of hydrogen-bond donors (Lipinski definition) is 2. The summed E-state index contributed by atoms with van der Waals surface area (Å²) < 4.78 is 0. The molecule has 0 aromatic carbocycles. The Morgan fingerprint density at radius 1 is 1.33 bits per heavy atom. The van der Waals surface area contributed by atoms with Gasteiger partial charge < -0.3 is 16.0 Å². The van der Waals surface area contributed by atoms with Gasteiger partial charge in [-0.15, -0.1) is 0 Å². The number of nitrogens with one attached hydrogen (secondary N) is 1. The Kier molecular flexibility index (Phi) is 6.95. The summed E-state index contributed by atoms with van der Waals surface area (Å²) in [6.07, 6.45) is 2.16. The summed E-state index contributed by atoms with van der Waals surface area (Å²) in [7, 11) is 0. The lowest BCUT2D eigenvalue weighted by molar-refractivity contribution is 0.0740.